The van der Waals surface area contributed by atoms with Crippen molar-refractivity contribution < 1.29 is 13.2 Å². The van der Waals surface area contributed by atoms with E-state index >= 15 is 0 Å². The summed E-state index contributed by atoms with van der Waals surface area (Å²) < 4.78 is 39.4. The van der Waals surface area contributed by atoms with Crippen LogP contribution < -0.4 is 5.43 Å². The smallest absolute Gasteiger partial charge is 0.305 e. The molecular weight excluding hydrogens is 265 g/mol. The van der Waals surface area contributed by atoms with Crippen molar-refractivity contribution in [1.82, 2.24) is 10.4 Å². The number of hydrogen-bond donors (Lipinski definition) is 1. The van der Waals surface area contributed by atoms with E-state index in [-0.39, 0.29) is 5.92 Å². The number of benzene rings is 1. The number of allylic oxidation sites excluding steroid dienone is 2. The van der Waals surface area contributed by atoms with Crippen molar-refractivity contribution in [2.45, 2.75) is 32.4 Å². The van der Waals surface area contributed by atoms with Crippen molar-refractivity contribution in [3.63, 3.8) is 0 Å². The molecule has 0 spiro atoms. The largest absolute Gasteiger partial charge is 0.432 e. The van der Waals surface area contributed by atoms with Crippen LogP contribution in [0.3, 0.4) is 0 Å². The van der Waals surface area contributed by atoms with Crippen molar-refractivity contribution in [3.05, 3.63) is 46.7 Å². The molecule has 0 radical (unpaired) electrons. The van der Waals surface area contributed by atoms with Gasteiger partial charge >= 0.3 is 6.18 Å². The molecular formula is C15H19F3N2. The van der Waals surface area contributed by atoms with Gasteiger partial charge in [-0.3, -0.25) is 0 Å². The summed E-state index contributed by atoms with van der Waals surface area (Å²) in [5.41, 5.74) is 5.12. The molecule has 1 heterocycles. The topological polar surface area (TPSA) is 15.3 Å². The predicted molar refractivity (Wildman–Crippen MR) is 73.2 cm³/mol. The summed E-state index contributed by atoms with van der Waals surface area (Å²) in [4.78, 5) is 0. The molecule has 1 N–H and O–H groups in total. The predicted octanol–water partition coefficient (Wildman–Crippen LogP) is 3.67. The third-order valence-corrected chi connectivity index (χ3v) is 3.79. The van der Waals surface area contributed by atoms with Gasteiger partial charge in [0.05, 0.1) is 0 Å². The lowest BCUT2D eigenvalue weighted by Crippen LogP contribution is -2.43. The fraction of sp³-hybridized carbons (Fsp3) is 0.467. The van der Waals surface area contributed by atoms with Crippen LogP contribution in [0.5, 0.6) is 0 Å². The molecule has 110 valence electrons. The average Bonchev–Trinajstić information content (AvgIpc) is 2.37. The molecule has 0 saturated heterocycles. The SMILES string of the molecule is CNN1CCC(c2c(C)cccc2C)C=C1C(F)(F)F. The number of rotatable bonds is 2. The van der Waals surface area contributed by atoms with Gasteiger partial charge in [0.1, 0.15) is 5.70 Å². The van der Waals surface area contributed by atoms with Crippen LogP contribution in [-0.2, 0) is 0 Å². The first kappa shape index (κ1) is 14.9. The average molecular weight is 284 g/mol. The summed E-state index contributed by atoms with van der Waals surface area (Å²) in [6, 6.07) is 5.84. The van der Waals surface area contributed by atoms with Gasteiger partial charge in [0.2, 0.25) is 0 Å². The first-order valence-corrected chi connectivity index (χ1v) is 6.64. The summed E-state index contributed by atoms with van der Waals surface area (Å²) >= 11 is 0. The zero-order valence-electron chi connectivity index (χ0n) is 11.9. The number of aryl methyl sites for hydroxylation is 2. The summed E-state index contributed by atoms with van der Waals surface area (Å²) in [6.45, 7) is 4.25. The van der Waals surface area contributed by atoms with Crippen LogP contribution in [0, 0.1) is 13.8 Å². The van der Waals surface area contributed by atoms with Gasteiger partial charge in [-0.15, -0.1) is 0 Å². The zero-order chi connectivity index (χ0) is 14.9. The molecule has 1 aromatic rings. The number of nitrogens with one attached hydrogen (secondary N) is 1. The maximum atomic E-state index is 13.1. The Balaban J connectivity index is 2.44. The van der Waals surface area contributed by atoms with Crippen LogP contribution in [0.4, 0.5) is 13.2 Å². The van der Waals surface area contributed by atoms with Crippen molar-refractivity contribution in [2.75, 3.05) is 13.6 Å². The van der Waals surface area contributed by atoms with E-state index in [9.17, 15) is 13.2 Å². The Bertz CT molecular complexity index is 500. The number of alkyl halides is 3. The second-order valence-corrected chi connectivity index (χ2v) is 5.13. The van der Waals surface area contributed by atoms with E-state index in [2.05, 4.69) is 5.43 Å². The number of hydrogen-bond acceptors (Lipinski definition) is 2. The standard InChI is InChI=1S/C15H19F3N2/c1-10-5-4-6-11(2)14(10)12-7-8-20(19-3)13(9-12)15(16,17)18/h4-6,9,12,19H,7-8H2,1-3H3. The lowest BCUT2D eigenvalue weighted by atomic mass is 9.86. The van der Waals surface area contributed by atoms with E-state index in [0.29, 0.717) is 13.0 Å². The van der Waals surface area contributed by atoms with E-state index in [1.165, 1.54) is 18.1 Å². The molecule has 0 amide bonds. The van der Waals surface area contributed by atoms with Crippen molar-refractivity contribution in [2.24, 2.45) is 0 Å². The molecule has 0 saturated carbocycles. The Hall–Kier alpha value is -1.49. The van der Waals surface area contributed by atoms with Crippen LogP contribution >= 0.6 is 0 Å². The Kier molecular flexibility index (Phi) is 4.09. The van der Waals surface area contributed by atoms with E-state index in [4.69, 9.17) is 0 Å². The number of hydrazine groups is 1. The number of halogens is 3. The van der Waals surface area contributed by atoms with E-state index in [0.717, 1.165) is 16.7 Å². The molecule has 1 unspecified atom stereocenters. The van der Waals surface area contributed by atoms with Crippen LogP contribution in [0.25, 0.3) is 0 Å². The van der Waals surface area contributed by atoms with Crippen molar-refractivity contribution in [3.8, 4) is 0 Å². The highest BCUT2D eigenvalue weighted by Gasteiger charge is 2.40. The van der Waals surface area contributed by atoms with Gasteiger partial charge in [0, 0.05) is 19.5 Å². The second kappa shape index (κ2) is 5.48. The highest BCUT2D eigenvalue weighted by Crippen LogP contribution is 2.37. The van der Waals surface area contributed by atoms with Gasteiger partial charge in [0.25, 0.3) is 0 Å². The first-order chi connectivity index (χ1) is 9.34. The van der Waals surface area contributed by atoms with Gasteiger partial charge in [-0.25, -0.2) is 5.43 Å². The monoisotopic (exact) mass is 284 g/mol. The molecule has 1 aliphatic heterocycles. The minimum atomic E-state index is -4.34. The maximum Gasteiger partial charge on any atom is 0.432 e. The normalized spacial score (nSPS) is 20.0. The second-order valence-electron chi connectivity index (χ2n) is 5.13. The minimum Gasteiger partial charge on any atom is -0.305 e. The quantitative estimate of drug-likeness (QED) is 0.891. The minimum absolute atomic E-state index is 0.183. The lowest BCUT2D eigenvalue weighted by molar-refractivity contribution is -0.118. The summed E-state index contributed by atoms with van der Waals surface area (Å²) in [5, 5.41) is 1.17. The zero-order valence-corrected chi connectivity index (χ0v) is 11.9. The Morgan fingerprint density at radius 3 is 2.30 bits per heavy atom. The molecule has 1 aromatic carbocycles. The highest BCUT2D eigenvalue weighted by molar-refractivity contribution is 5.40. The lowest BCUT2D eigenvalue weighted by Gasteiger charge is -2.34. The maximum absolute atomic E-state index is 13.1. The molecule has 1 aliphatic rings. The summed E-state index contributed by atoms with van der Waals surface area (Å²) in [5.74, 6) is -0.183. The van der Waals surface area contributed by atoms with Gasteiger partial charge in [-0.05, 0) is 43.0 Å². The first-order valence-electron chi connectivity index (χ1n) is 6.64. The summed E-state index contributed by atoms with van der Waals surface area (Å²) in [7, 11) is 1.51. The Labute approximate surface area is 117 Å². The molecule has 0 bridgehead atoms. The Morgan fingerprint density at radius 1 is 1.20 bits per heavy atom. The third kappa shape index (κ3) is 2.82. The van der Waals surface area contributed by atoms with Gasteiger partial charge < -0.3 is 5.01 Å². The van der Waals surface area contributed by atoms with E-state index in [1.807, 2.05) is 32.0 Å². The third-order valence-electron chi connectivity index (χ3n) is 3.79. The Morgan fingerprint density at radius 2 is 1.80 bits per heavy atom. The van der Waals surface area contributed by atoms with Gasteiger partial charge in [0.15, 0.2) is 0 Å². The van der Waals surface area contributed by atoms with Crippen LogP contribution in [0.2, 0.25) is 0 Å². The van der Waals surface area contributed by atoms with Gasteiger partial charge in [-0.2, -0.15) is 13.2 Å². The molecule has 0 aromatic heterocycles. The van der Waals surface area contributed by atoms with Crippen LogP contribution in [0.15, 0.2) is 30.0 Å². The molecule has 5 heteroatoms. The fourth-order valence-corrected chi connectivity index (χ4v) is 2.87. The molecule has 0 fully saturated rings. The summed E-state index contributed by atoms with van der Waals surface area (Å²) in [6.07, 6.45) is -2.32. The van der Waals surface area contributed by atoms with Crippen LogP contribution in [-0.4, -0.2) is 24.8 Å². The highest BCUT2D eigenvalue weighted by atomic mass is 19.4. The molecule has 1 atom stereocenters. The van der Waals surface area contributed by atoms with E-state index in [1.54, 1.807) is 0 Å². The molecule has 0 aliphatic carbocycles. The van der Waals surface area contributed by atoms with E-state index < -0.39 is 11.9 Å². The van der Waals surface area contributed by atoms with Crippen LogP contribution in [0.1, 0.15) is 29.0 Å². The van der Waals surface area contributed by atoms with Crippen molar-refractivity contribution in [1.29, 1.82) is 0 Å². The van der Waals surface area contributed by atoms with Crippen molar-refractivity contribution >= 4 is 0 Å². The molecule has 2 rings (SSSR count). The van der Waals surface area contributed by atoms with Gasteiger partial charge in [-0.1, -0.05) is 18.2 Å². The molecule has 20 heavy (non-hydrogen) atoms. The fourth-order valence-electron chi connectivity index (χ4n) is 2.87. The molecule has 2 nitrogen and oxygen atoms in total. The number of nitrogens with zero attached hydrogens (tertiary/aromatic N) is 1.